The van der Waals surface area contributed by atoms with Crippen molar-refractivity contribution in [3.05, 3.63) is 71.8 Å². The molecule has 0 aliphatic carbocycles. The third kappa shape index (κ3) is 7.88. The second-order valence-electron chi connectivity index (χ2n) is 5.95. The van der Waals surface area contributed by atoms with Gasteiger partial charge in [-0.15, -0.1) is 11.1 Å². The number of nitrogens with zero attached hydrogens (tertiary/aromatic N) is 2. The van der Waals surface area contributed by atoms with Crippen LogP contribution in [0.1, 0.15) is 37.1 Å². The number of hydrogen-bond donors (Lipinski definition) is 0. The van der Waals surface area contributed by atoms with Crippen molar-refractivity contribution in [3.63, 3.8) is 0 Å². The fourth-order valence-corrected chi connectivity index (χ4v) is 1.93. The molecule has 0 aliphatic rings. The average Bonchev–Trinajstić information content (AvgIpc) is 2.55. The summed E-state index contributed by atoms with van der Waals surface area (Å²) < 4.78 is 0. The molecular formula is C20H28N2Zn. The van der Waals surface area contributed by atoms with Gasteiger partial charge in [0.25, 0.3) is 0 Å². The van der Waals surface area contributed by atoms with E-state index in [4.69, 9.17) is 0 Å². The second-order valence-corrected chi connectivity index (χ2v) is 5.95. The summed E-state index contributed by atoms with van der Waals surface area (Å²) in [4.78, 5) is 4.37. The van der Waals surface area contributed by atoms with Crippen molar-refractivity contribution in [2.45, 2.75) is 25.9 Å². The van der Waals surface area contributed by atoms with E-state index in [9.17, 15) is 0 Å². The Bertz CT molecular complexity index is 462. The molecule has 2 atom stereocenters. The number of hydrogen-bond acceptors (Lipinski definition) is 2. The molecule has 23 heavy (non-hydrogen) atoms. The zero-order chi connectivity index (χ0) is 16.5. The quantitative estimate of drug-likeness (QED) is 0.594. The number of benzene rings is 2. The van der Waals surface area contributed by atoms with Gasteiger partial charge in [0.15, 0.2) is 0 Å². The molecule has 0 fully saturated rings. The van der Waals surface area contributed by atoms with E-state index in [1.807, 2.05) is 36.4 Å². The Kier molecular flexibility index (Phi) is 11.0. The van der Waals surface area contributed by atoms with E-state index in [0.29, 0.717) is 12.1 Å². The van der Waals surface area contributed by atoms with Gasteiger partial charge in [-0.2, -0.15) is 60.7 Å². The summed E-state index contributed by atoms with van der Waals surface area (Å²) in [5, 5.41) is 0. The average molecular weight is 362 g/mol. The molecule has 2 rings (SSSR count). The van der Waals surface area contributed by atoms with Crippen molar-refractivity contribution in [1.29, 1.82) is 0 Å². The number of rotatable bonds is 4. The molecule has 0 N–H and O–H groups in total. The molecule has 3 heteroatoms. The molecule has 0 spiro atoms. The molecule has 0 bridgehead atoms. The summed E-state index contributed by atoms with van der Waals surface area (Å²) in [6, 6.07) is 23.3. The smallest absolute Gasteiger partial charge is 0.314 e. The van der Waals surface area contributed by atoms with E-state index in [0.717, 1.165) is 0 Å². The first-order chi connectivity index (χ1) is 10.4. The van der Waals surface area contributed by atoms with Crippen LogP contribution in [-0.4, -0.2) is 38.0 Å². The van der Waals surface area contributed by atoms with Gasteiger partial charge in [0.2, 0.25) is 0 Å². The summed E-state index contributed by atoms with van der Waals surface area (Å²) >= 11 is 0. The van der Waals surface area contributed by atoms with Gasteiger partial charge in [-0.05, 0) is 40.3 Å². The largest absolute Gasteiger partial charge is 2.00 e. The minimum absolute atomic E-state index is 0. The normalized spacial score (nSPS) is 12.9. The van der Waals surface area contributed by atoms with Crippen molar-refractivity contribution in [2.75, 3.05) is 28.2 Å². The first kappa shape index (κ1) is 22.0. The van der Waals surface area contributed by atoms with Crippen molar-refractivity contribution >= 4 is 0 Å². The Morgan fingerprint density at radius 3 is 1.30 bits per heavy atom. The van der Waals surface area contributed by atoms with Gasteiger partial charge in [-0.1, -0.05) is 13.8 Å². The second kappa shape index (κ2) is 11.5. The molecule has 2 aromatic rings. The Labute approximate surface area is 155 Å². The van der Waals surface area contributed by atoms with Crippen LogP contribution < -0.4 is 0 Å². The topological polar surface area (TPSA) is 6.48 Å². The molecule has 2 unspecified atom stereocenters. The van der Waals surface area contributed by atoms with Gasteiger partial charge >= 0.3 is 19.5 Å². The van der Waals surface area contributed by atoms with Crippen LogP contribution in [0.5, 0.6) is 0 Å². The van der Waals surface area contributed by atoms with Gasteiger partial charge in [0, 0.05) is 0 Å². The first-order valence-corrected chi connectivity index (χ1v) is 7.68. The standard InChI is InChI=1S/2C10H14N.Zn/c2*1-9(11(2)3)10-7-5-4-6-8-10;/h2*4-5,7-9H,1-3H3;/q2*-1;+2. The van der Waals surface area contributed by atoms with Crippen molar-refractivity contribution in [1.82, 2.24) is 9.80 Å². The third-order valence-corrected chi connectivity index (χ3v) is 3.98. The minimum atomic E-state index is 0. The van der Waals surface area contributed by atoms with Crippen LogP contribution in [0.4, 0.5) is 0 Å². The van der Waals surface area contributed by atoms with Gasteiger partial charge in [-0.25, -0.2) is 0 Å². The molecule has 0 aliphatic heterocycles. The maximum absolute atomic E-state index is 3.07. The van der Waals surface area contributed by atoms with Gasteiger partial charge < -0.3 is 9.80 Å². The molecule has 120 valence electrons. The molecule has 2 nitrogen and oxygen atoms in total. The zero-order valence-corrected chi connectivity index (χ0v) is 18.3. The predicted molar refractivity (Wildman–Crippen MR) is 94.8 cm³/mol. The molecule has 0 saturated heterocycles. The molecule has 0 heterocycles. The van der Waals surface area contributed by atoms with Gasteiger partial charge in [0.1, 0.15) is 0 Å². The maximum Gasteiger partial charge on any atom is 2.00 e. The monoisotopic (exact) mass is 360 g/mol. The van der Waals surface area contributed by atoms with E-state index < -0.39 is 0 Å². The summed E-state index contributed by atoms with van der Waals surface area (Å²) in [5.41, 5.74) is 2.63. The Morgan fingerprint density at radius 1 is 0.739 bits per heavy atom. The van der Waals surface area contributed by atoms with Crippen LogP contribution in [-0.2, 0) is 19.5 Å². The summed E-state index contributed by atoms with van der Waals surface area (Å²) in [6.45, 7) is 4.37. The fourth-order valence-electron chi connectivity index (χ4n) is 1.93. The van der Waals surface area contributed by atoms with Crippen molar-refractivity contribution in [3.8, 4) is 0 Å². The van der Waals surface area contributed by atoms with E-state index in [1.54, 1.807) is 0 Å². The first-order valence-electron chi connectivity index (χ1n) is 7.68. The SMILES string of the molecule is CC(c1c[c-]ccc1)N(C)C.CC(c1c[c-]ccc1)N(C)C.[Zn+2]. The molecular weight excluding hydrogens is 334 g/mol. The Morgan fingerprint density at radius 2 is 1.09 bits per heavy atom. The van der Waals surface area contributed by atoms with Crippen molar-refractivity contribution < 1.29 is 19.5 Å². The molecule has 2 aromatic carbocycles. The van der Waals surface area contributed by atoms with Crippen LogP contribution in [0.15, 0.2) is 48.5 Å². The van der Waals surface area contributed by atoms with E-state index in [-0.39, 0.29) is 19.5 Å². The fraction of sp³-hybridized carbons (Fsp3) is 0.400. The van der Waals surface area contributed by atoms with Gasteiger partial charge in [-0.3, -0.25) is 0 Å². The molecule has 0 radical (unpaired) electrons. The molecule has 0 saturated carbocycles. The van der Waals surface area contributed by atoms with Crippen molar-refractivity contribution in [2.24, 2.45) is 0 Å². The van der Waals surface area contributed by atoms with Crippen LogP contribution in [0, 0.1) is 12.1 Å². The van der Waals surface area contributed by atoms with E-state index in [1.165, 1.54) is 11.1 Å². The van der Waals surface area contributed by atoms with Crippen LogP contribution in [0.3, 0.4) is 0 Å². The minimum Gasteiger partial charge on any atom is -0.314 e. The molecule has 0 aromatic heterocycles. The van der Waals surface area contributed by atoms with Crippen LogP contribution in [0.25, 0.3) is 0 Å². The van der Waals surface area contributed by atoms with E-state index in [2.05, 4.69) is 76.1 Å². The summed E-state index contributed by atoms with van der Waals surface area (Å²) in [5.74, 6) is 0. The summed E-state index contributed by atoms with van der Waals surface area (Å²) in [6.07, 6.45) is 0. The zero-order valence-electron chi connectivity index (χ0n) is 15.4. The Balaban J connectivity index is 0.000000403. The van der Waals surface area contributed by atoms with E-state index >= 15 is 0 Å². The summed E-state index contributed by atoms with van der Waals surface area (Å²) in [7, 11) is 8.32. The van der Waals surface area contributed by atoms with Gasteiger partial charge in [0.05, 0.1) is 0 Å². The maximum atomic E-state index is 3.07. The third-order valence-electron chi connectivity index (χ3n) is 3.98. The predicted octanol–water partition coefficient (Wildman–Crippen LogP) is 4.22. The Hall–Kier alpha value is -1.02. The van der Waals surface area contributed by atoms with Crippen LogP contribution >= 0.6 is 0 Å². The molecule has 0 amide bonds. The van der Waals surface area contributed by atoms with Crippen LogP contribution in [0.2, 0.25) is 0 Å².